The fourth-order valence-electron chi connectivity index (χ4n) is 8.44. The molecule has 0 N–H and O–H groups in total. The largest absolute Gasteiger partial charge is 0.496 e. The van der Waals surface area contributed by atoms with Crippen LogP contribution in [0.1, 0.15) is 65.0 Å². The first-order valence-corrected chi connectivity index (χ1v) is 12.9. The van der Waals surface area contributed by atoms with Gasteiger partial charge in [0.1, 0.15) is 23.2 Å². The van der Waals surface area contributed by atoms with Crippen molar-refractivity contribution in [2.75, 3.05) is 21.3 Å². The van der Waals surface area contributed by atoms with Crippen LogP contribution in [0.4, 0.5) is 0 Å². The lowest BCUT2D eigenvalue weighted by Gasteiger charge is -2.57. The molecule has 2 bridgehead atoms. The van der Waals surface area contributed by atoms with Gasteiger partial charge in [0.25, 0.3) is 0 Å². The summed E-state index contributed by atoms with van der Waals surface area (Å²) in [5.41, 5.74) is -0.0717. The fourth-order valence-corrected chi connectivity index (χ4v) is 8.44. The fraction of sp³-hybridized carbons (Fsp3) is 0.621. The Morgan fingerprint density at radius 3 is 2.31 bits per heavy atom. The number of methoxy groups -OCH3 is 3. The molecule has 0 amide bonds. The first kappa shape index (κ1) is 23.9. The molecule has 4 heterocycles. The van der Waals surface area contributed by atoms with Crippen LogP contribution in [-0.4, -0.2) is 38.6 Å². The minimum atomic E-state index is -0.452. The maximum Gasteiger partial charge on any atom is 0.345 e. The SMILES string of the molecule is COc1ccc(-c2cc(OC)c([C@H]3O[C@H]4CCC(C)(C)[C@@]56CC[C@](C)(O5)[C@@H]3[C@@]46C)c(=O)o2)cc1OC. The molecule has 7 nitrogen and oxygen atoms in total. The third-order valence-corrected chi connectivity index (χ3v) is 10.1. The Morgan fingerprint density at radius 2 is 1.61 bits per heavy atom. The Kier molecular flexibility index (Phi) is 4.98. The maximum absolute atomic E-state index is 13.7. The van der Waals surface area contributed by atoms with Crippen molar-refractivity contribution in [2.24, 2.45) is 16.7 Å². The molecule has 1 saturated carbocycles. The average Bonchev–Trinajstić information content (AvgIpc) is 3.45. The van der Waals surface area contributed by atoms with E-state index in [1.54, 1.807) is 39.5 Å². The number of benzene rings is 1. The van der Waals surface area contributed by atoms with Crippen molar-refractivity contribution in [3.05, 3.63) is 40.2 Å². The standard InChI is InChI=1S/C29H36O7/c1-26(2)11-10-21-28(4)24(27(3)12-13-29(26,28)36-27)23(35-21)22-20(33-7)15-18(34-25(22)30)16-8-9-17(31-5)19(14-16)32-6/h8-9,14-15,21,23-24H,10-13H2,1-7H3/t21-,23+,24+,27-,28+,29+/m0/s1. The summed E-state index contributed by atoms with van der Waals surface area (Å²) < 4.78 is 36.3. The van der Waals surface area contributed by atoms with Crippen molar-refractivity contribution >= 4 is 0 Å². The molecule has 4 aliphatic rings. The monoisotopic (exact) mass is 496 g/mol. The Balaban J connectivity index is 1.46. The smallest absolute Gasteiger partial charge is 0.345 e. The molecular weight excluding hydrogens is 460 g/mol. The van der Waals surface area contributed by atoms with Crippen LogP contribution in [0.5, 0.6) is 17.2 Å². The summed E-state index contributed by atoms with van der Waals surface area (Å²) in [7, 11) is 4.75. The maximum atomic E-state index is 13.7. The molecule has 2 aromatic rings. The summed E-state index contributed by atoms with van der Waals surface area (Å²) in [4.78, 5) is 13.7. The number of rotatable bonds is 5. The van der Waals surface area contributed by atoms with E-state index in [1.807, 2.05) is 6.07 Å². The third-order valence-electron chi connectivity index (χ3n) is 10.1. The second kappa shape index (κ2) is 7.51. The van der Waals surface area contributed by atoms with Gasteiger partial charge in [-0.05, 0) is 56.2 Å². The Hall–Kier alpha value is -2.51. The number of ether oxygens (including phenoxy) is 5. The topological polar surface area (TPSA) is 76.4 Å². The predicted octanol–water partition coefficient (Wildman–Crippen LogP) is 5.54. The molecule has 1 aromatic carbocycles. The van der Waals surface area contributed by atoms with Crippen molar-refractivity contribution in [3.63, 3.8) is 0 Å². The van der Waals surface area contributed by atoms with Gasteiger partial charge in [-0.1, -0.05) is 20.8 Å². The van der Waals surface area contributed by atoms with E-state index < -0.39 is 11.7 Å². The zero-order chi connectivity index (χ0) is 25.7. The highest BCUT2D eigenvalue weighted by molar-refractivity contribution is 5.64. The summed E-state index contributed by atoms with van der Waals surface area (Å²) in [5.74, 6) is 2.06. The highest BCUT2D eigenvalue weighted by Crippen LogP contribution is 2.78. The molecule has 194 valence electrons. The molecular formula is C29H36O7. The Labute approximate surface area is 212 Å². The molecule has 6 atom stereocenters. The van der Waals surface area contributed by atoms with E-state index in [-0.39, 0.29) is 34.1 Å². The second-order valence-electron chi connectivity index (χ2n) is 11.9. The van der Waals surface area contributed by atoms with Crippen LogP contribution in [0.25, 0.3) is 11.3 Å². The van der Waals surface area contributed by atoms with Crippen LogP contribution in [0.2, 0.25) is 0 Å². The van der Waals surface area contributed by atoms with E-state index in [2.05, 4.69) is 27.7 Å². The zero-order valence-corrected chi connectivity index (χ0v) is 22.2. The van der Waals surface area contributed by atoms with Gasteiger partial charge in [0.2, 0.25) is 0 Å². The molecule has 7 heteroatoms. The van der Waals surface area contributed by atoms with Gasteiger partial charge < -0.3 is 28.1 Å². The number of hydrogen-bond donors (Lipinski definition) is 0. The summed E-state index contributed by atoms with van der Waals surface area (Å²) in [5, 5.41) is 0. The van der Waals surface area contributed by atoms with Crippen molar-refractivity contribution in [2.45, 2.75) is 76.8 Å². The third kappa shape index (κ3) is 2.73. The molecule has 1 aliphatic carbocycles. The van der Waals surface area contributed by atoms with Gasteiger partial charge in [0, 0.05) is 23.0 Å². The number of hydrogen-bond acceptors (Lipinski definition) is 7. The van der Waals surface area contributed by atoms with Gasteiger partial charge in [-0.3, -0.25) is 0 Å². The molecule has 1 spiro atoms. The van der Waals surface area contributed by atoms with Gasteiger partial charge in [-0.15, -0.1) is 0 Å². The molecule has 4 fully saturated rings. The minimum Gasteiger partial charge on any atom is -0.496 e. The quantitative estimate of drug-likeness (QED) is 0.538. The first-order valence-electron chi connectivity index (χ1n) is 12.9. The van der Waals surface area contributed by atoms with Crippen LogP contribution in [-0.2, 0) is 9.47 Å². The molecule has 3 saturated heterocycles. The highest BCUT2D eigenvalue weighted by Gasteiger charge is 2.82. The van der Waals surface area contributed by atoms with Crippen LogP contribution >= 0.6 is 0 Å². The highest BCUT2D eigenvalue weighted by atomic mass is 16.6. The zero-order valence-electron chi connectivity index (χ0n) is 22.2. The molecule has 0 radical (unpaired) electrons. The molecule has 1 aromatic heterocycles. The molecule has 0 unspecified atom stereocenters. The van der Waals surface area contributed by atoms with Crippen LogP contribution < -0.4 is 19.8 Å². The normalized spacial score (nSPS) is 37.6. The van der Waals surface area contributed by atoms with Gasteiger partial charge >= 0.3 is 5.63 Å². The van der Waals surface area contributed by atoms with Crippen molar-refractivity contribution in [1.82, 2.24) is 0 Å². The van der Waals surface area contributed by atoms with E-state index in [9.17, 15) is 4.79 Å². The predicted molar refractivity (Wildman–Crippen MR) is 134 cm³/mol. The summed E-state index contributed by atoms with van der Waals surface area (Å²) in [6.07, 6.45) is 3.55. The van der Waals surface area contributed by atoms with Crippen molar-refractivity contribution < 1.29 is 28.1 Å². The van der Waals surface area contributed by atoms with E-state index in [0.29, 0.717) is 34.1 Å². The van der Waals surface area contributed by atoms with Crippen LogP contribution in [0.15, 0.2) is 33.5 Å². The van der Waals surface area contributed by atoms with E-state index in [0.717, 1.165) is 25.7 Å². The lowest BCUT2D eigenvalue weighted by molar-refractivity contribution is -0.202. The number of fused-ring (bicyclic) bond motifs is 2. The van der Waals surface area contributed by atoms with Crippen molar-refractivity contribution in [3.8, 4) is 28.6 Å². The lowest BCUT2D eigenvalue weighted by Crippen LogP contribution is -2.62. The van der Waals surface area contributed by atoms with E-state index in [1.165, 1.54) is 0 Å². The van der Waals surface area contributed by atoms with E-state index in [4.69, 9.17) is 28.1 Å². The second-order valence-corrected chi connectivity index (χ2v) is 11.9. The minimum absolute atomic E-state index is 0.0253. The first-order chi connectivity index (χ1) is 17.0. The summed E-state index contributed by atoms with van der Waals surface area (Å²) >= 11 is 0. The van der Waals surface area contributed by atoms with E-state index >= 15 is 0 Å². The molecule has 3 aliphatic heterocycles. The average molecular weight is 497 g/mol. The lowest BCUT2D eigenvalue weighted by atomic mass is 9.45. The van der Waals surface area contributed by atoms with Gasteiger partial charge in [0.05, 0.1) is 38.6 Å². The summed E-state index contributed by atoms with van der Waals surface area (Å²) in [6, 6.07) is 7.18. The van der Waals surface area contributed by atoms with Crippen LogP contribution in [0, 0.1) is 16.7 Å². The van der Waals surface area contributed by atoms with Gasteiger partial charge in [-0.25, -0.2) is 4.79 Å². The Bertz CT molecular complexity index is 1280. The summed E-state index contributed by atoms with van der Waals surface area (Å²) in [6.45, 7) is 9.21. The van der Waals surface area contributed by atoms with Crippen molar-refractivity contribution in [1.29, 1.82) is 0 Å². The van der Waals surface area contributed by atoms with Gasteiger partial charge in [0.15, 0.2) is 11.5 Å². The van der Waals surface area contributed by atoms with Gasteiger partial charge in [-0.2, -0.15) is 0 Å². The van der Waals surface area contributed by atoms with Crippen LogP contribution in [0.3, 0.4) is 0 Å². The Morgan fingerprint density at radius 1 is 0.889 bits per heavy atom. The molecule has 36 heavy (non-hydrogen) atoms. The molecule has 6 rings (SSSR count).